The zero-order valence-electron chi connectivity index (χ0n) is 10.5. The van der Waals surface area contributed by atoms with Gasteiger partial charge in [0, 0.05) is 25.0 Å². The Morgan fingerprint density at radius 1 is 1.33 bits per heavy atom. The highest BCUT2D eigenvalue weighted by Gasteiger charge is 2.27. The lowest BCUT2D eigenvalue weighted by Crippen LogP contribution is -2.36. The molecule has 0 N–H and O–H groups in total. The Kier molecular flexibility index (Phi) is 7.56. The van der Waals surface area contributed by atoms with Crippen molar-refractivity contribution >= 4 is 15.9 Å². The summed E-state index contributed by atoms with van der Waals surface area (Å²) in [5.41, 5.74) is 0. The molecule has 0 aliphatic carbocycles. The van der Waals surface area contributed by atoms with Crippen LogP contribution in [0.2, 0.25) is 0 Å². The van der Waals surface area contributed by atoms with Gasteiger partial charge in [-0.1, -0.05) is 15.9 Å². The molecular weight excluding hydrogens is 311 g/mol. The van der Waals surface area contributed by atoms with E-state index in [2.05, 4.69) is 25.6 Å². The first-order chi connectivity index (χ1) is 8.51. The Balaban J connectivity index is 2.04. The normalized spacial score (nSPS) is 22.3. The second kappa shape index (κ2) is 8.38. The average molecular weight is 332 g/mol. The van der Waals surface area contributed by atoms with Crippen molar-refractivity contribution in [2.45, 2.75) is 31.9 Å². The van der Waals surface area contributed by atoms with Gasteiger partial charge in [0.05, 0.1) is 0 Å². The lowest BCUT2D eigenvalue weighted by Gasteiger charge is -2.32. The predicted octanol–water partition coefficient (Wildman–Crippen LogP) is 3.45. The summed E-state index contributed by atoms with van der Waals surface area (Å²) in [7, 11) is 0. The molecule has 1 aliphatic heterocycles. The molecule has 1 heterocycles. The van der Waals surface area contributed by atoms with E-state index in [1.807, 2.05) is 0 Å². The van der Waals surface area contributed by atoms with Crippen LogP contribution in [-0.2, 0) is 4.74 Å². The highest BCUT2D eigenvalue weighted by atomic mass is 79.9. The molecule has 2 nitrogen and oxygen atoms in total. The first-order valence-electron chi connectivity index (χ1n) is 6.44. The number of halogens is 4. The van der Waals surface area contributed by atoms with E-state index in [4.69, 9.17) is 0 Å². The Labute approximate surface area is 115 Å². The number of rotatable bonds is 7. The van der Waals surface area contributed by atoms with Crippen molar-refractivity contribution in [1.82, 2.24) is 4.90 Å². The third kappa shape index (κ3) is 7.59. The zero-order valence-corrected chi connectivity index (χ0v) is 12.1. The van der Waals surface area contributed by atoms with E-state index in [-0.39, 0.29) is 6.61 Å². The smallest absolute Gasteiger partial charge is 0.372 e. The van der Waals surface area contributed by atoms with Crippen LogP contribution in [0, 0.1) is 5.92 Å². The van der Waals surface area contributed by atoms with Gasteiger partial charge in [-0.05, 0) is 38.1 Å². The second-order valence-electron chi connectivity index (χ2n) is 4.81. The van der Waals surface area contributed by atoms with Crippen LogP contribution >= 0.6 is 15.9 Å². The quantitative estimate of drug-likeness (QED) is 0.523. The Morgan fingerprint density at radius 2 is 2.11 bits per heavy atom. The van der Waals surface area contributed by atoms with Crippen LogP contribution in [0.3, 0.4) is 0 Å². The molecule has 1 unspecified atom stereocenters. The lowest BCUT2D eigenvalue weighted by atomic mass is 9.95. The molecule has 0 amide bonds. The van der Waals surface area contributed by atoms with Crippen molar-refractivity contribution in [3.8, 4) is 0 Å². The zero-order chi connectivity index (χ0) is 13.4. The molecule has 1 aliphatic rings. The SMILES string of the molecule is FC(F)(F)COCCCN1CCCC(CCBr)C1. The van der Waals surface area contributed by atoms with Gasteiger partial charge in [-0.2, -0.15) is 13.2 Å². The molecule has 1 rings (SSSR count). The number of nitrogens with zero attached hydrogens (tertiary/aromatic N) is 1. The monoisotopic (exact) mass is 331 g/mol. The number of alkyl halides is 4. The molecule has 0 aromatic heterocycles. The van der Waals surface area contributed by atoms with Crippen LogP contribution in [0.15, 0.2) is 0 Å². The molecule has 0 spiro atoms. The number of ether oxygens (including phenoxy) is 1. The van der Waals surface area contributed by atoms with E-state index in [1.165, 1.54) is 19.3 Å². The van der Waals surface area contributed by atoms with E-state index in [0.717, 1.165) is 30.9 Å². The molecule has 1 saturated heterocycles. The third-order valence-corrected chi connectivity index (χ3v) is 3.61. The number of piperidine rings is 1. The molecule has 1 fully saturated rings. The Hall–Kier alpha value is 0.190. The minimum absolute atomic E-state index is 0.194. The van der Waals surface area contributed by atoms with Gasteiger partial charge in [0.25, 0.3) is 0 Å². The summed E-state index contributed by atoms with van der Waals surface area (Å²) >= 11 is 3.45. The number of hydrogen-bond acceptors (Lipinski definition) is 2. The third-order valence-electron chi connectivity index (χ3n) is 3.15. The minimum atomic E-state index is -4.20. The Bertz CT molecular complexity index is 224. The van der Waals surface area contributed by atoms with Crippen LogP contribution in [0.1, 0.15) is 25.7 Å². The highest BCUT2D eigenvalue weighted by Crippen LogP contribution is 2.20. The van der Waals surface area contributed by atoms with Crippen molar-refractivity contribution in [3.05, 3.63) is 0 Å². The minimum Gasteiger partial charge on any atom is -0.372 e. The van der Waals surface area contributed by atoms with Gasteiger partial charge in [0.15, 0.2) is 0 Å². The first-order valence-corrected chi connectivity index (χ1v) is 7.56. The summed E-state index contributed by atoms with van der Waals surface area (Å²) in [6.45, 7) is 2.05. The maximum absolute atomic E-state index is 11.8. The molecule has 0 saturated carbocycles. The van der Waals surface area contributed by atoms with E-state index in [9.17, 15) is 13.2 Å². The van der Waals surface area contributed by atoms with Crippen LogP contribution in [0.4, 0.5) is 13.2 Å². The molecule has 18 heavy (non-hydrogen) atoms. The van der Waals surface area contributed by atoms with Gasteiger partial charge in [-0.15, -0.1) is 0 Å². The molecule has 108 valence electrons. The largest absolute Gasteiger partial charge is 0.411 e. The molecule has 0 bridgehead atoms. The van der Waals surface area contributed by atoms with Crippen molar-refractivity contribution < 1.29 is 17.9 Å². The Morgan fingerprint density at radius 3 is 2.78 bits per heavy atom. The maximum atomic E-state index is 11.8. The van der Waals surface area contributed by atoms with Gasteiger partial charge >= 0.3 is 6.18 Å². The van der Waals surface area contributed by atoms with Gasteiger partial charge in [-0.3, -0.25) is 0 Å². The fourth-order valence-corrected chi connectivity index (χ4v) is 2.97. The highest BCUT2D eigenvalue weighted by molar-refractivity contribution is 9.09. The molecule has 6 heteroatoms. The number of hydrogen-bond donors (Lipinski definition) is 0. The molecule has 0 aromatic carbocycles. The van der Waals surface area contributed by atoms with Crippen molar-refractivity contribution in [1.29, 1.82) is 0 Å². The summed E-state index contributed by atoms with van der Waals surface area (Å²) in [6.07, 6.45) is 0.123. The summed E-state index contributed by atoms with van der Waals surface area (Å²) < 4.78 is 40.1. The van der Waals surface area contributed by atoms with E-state index < -0.39 is 12.8 Å². The second-order valence-corrected chi connectivity index (χ2v) is 5.60. The van der Waals surface area contributed by atoms with Gasteiger partial charge < -0.3 is 9.64 Å². The van der Waals surface area contributed by atoms with Gasteiger partial charge in [-0.25, -0.2) is 0 Å². The van der Waals surface area contributed by atoms with E-state index >= 15 is 0 Å². The van der Waals surface area contributed by atoms with E-state index in [1.54, 1.807) is 0 Å². The van der Waals surface area contributed by atoms with Gasteiger partial charge in [0.2, 0.25) is 0 Å². The van der Waals surface area contributed by atoms with Crippen LogP contribution < -0.4 is 0 Å². The molecule has 0 aromatic rings. The average Bonchev–Trinajstić information content (AvgIpc) is 2.28. The van der Waals surface area contributed by atoms with Crippen molar-refractivity contribution in [2.24, 2.45) is 5.92 Å². The van der Waals surface area contributed by atoms with Crippen molar-refractivity contribution in [3.63, 3.8) is 0 Å². The summed E-state index contributed by atoms with van der Waals surface area (Å²) in [6, 6.07) is 0. The summed E-state index contributed by atoms with van der Waals surface area (Å²) in [5.74, 6) is 0.731. The summed E-state index contributed by atoms with van der Waals surface area (Å²) in [4.78, 5) is 2.34. The fourth-order valence-electron chi connectivity index (χ4n) is 2.32. The maximum Gasteiger partial charge on any atom is 0.411 e. The molecular formula is C12H21BrF3NO. The fraction of sp³-hybridized carbons (Fsp3) is 1.00. The lowest BCUT2D eigenvalue weighted by molar-refractivity contribution is -0.174. The molecule has 0 radical (unpaired) electrons. The number of likely N-dealkylation sites (tertiary alicyclic amines) is 1. The first kappa shape index (κ1) is 16.2. The predicted molar refractivity (Wildman–Crippen MR) is 69.1 cm³/mol. The summed E-state index contributed by atoms with van der Waals surface area (Å²) in [5, 5.41) is 1.03. The topological polar surface area (TPSA) is 12.5 Å². The van der Waals surface area contributed by atoms with Crippen LogP contribution in [0.5, 0.6) is 0 Å². The van der Waals surface area contributed by atoms with E-state index in [0.29, 0.717) is 6.42 Å². The molecule has 1 atom stereocenters. The van der Waals surface area contributed by atoms with Crippen LogP contribution in [0.25, 0.3) is 0 Å². The van der Waals surface area contributed by atoms with Gasteiger partial charge in [0.1, 0.15) is 6.61 Å². The standard InChI is InChI=1S/C12H21BrF3NO/c13-5-4-11-3-1-6-17(9-11)7-2-8-18-10-12(14,15)16/h11H,1-10H2. The van der Waals surface area contributed by atoms with Crippen molar-refractivity contribution in [2.75, 3.05) is 38.2 Å². The van der Waals surface area contributed by atoms with Crippen LogP contribution in [-0.4, -0.2) is 49.3 Å².